The number of nitrogens with one attached hydrogen (secondary N) is 1. The predicted octanol–water partition coefficient (Wildman–Crippen LogP) is 3.53. The summed E-state index contributed by atoms with van der Waals surface area (Å²) in [5.41, 5.74) is 1.19. The van der Waals surface area contributed by atoms with E-state index in [-0.39, 0.29) is 11.4 Å². The Balaban J connectivity index is 2.03. The van der Waals surface area contributed by atoms with Crippen LogP contribution >= 0.6 is 0 Å². The van der Waals surface area contributed by atoms with Gasteiger partial charge in [-0.2, -0.15) is 13.2 Å². The van der Waals surface area contributed by atoms with Crippen molar-refractivity contribution in [1.82, 2.24) is 4.72 Å². The highest BCUT2D eigenvalue weighted by molar-refractivity contribution is 7.89. The summed E-state index contributed by atoms with van der Waals surface area (Å²) >= 11 is 0. The van der Waals surface area contributed by atoms with Crippen LogP contribution in [0.4, 0.5) is 13.2 Å². The van der Waals surface area contributed by atoms with Gasteiger partial charge < -0.3 is 0 Å². The van der Waals surface area contributed by atoms with Gasteiger partial charge in [0.05, 0.1) is 10.5 Å². The summed E-state index contributed by atoms with van der Waals surface area (Å²) in [7, 11) is -3.82. The Morgan fingerprint density at radius 2 is 1.61 bits per heavy atom. The Morgan fingerprint density at radius 1 is 1.00 bits per heavy atom. The Morgan fingerprint density at radius 3 is 2.17 bits per heavy atom. The molecule has 1 N–H and O–H groups in total. The first-order chi connectivity index (χ1) is 10.7. The topological polar surface area (TPSA) is 46.2 Å². The first-order valence-corrected chi connectivity index (χ1v) is 8.40. The van der Waals surface area contributed by atoms with Gasteiger partial charge in [0.15, 0.2) is 0 Å². The summed E-state index contributed by atoms with van der Waals surface area (Å²) in [4.78, 5) is -0.185. The summed E-state index contributed by atoms with van der Waals surface area (Å²) in [5.74, 6) is 0. The zero-order valence-electron chi connectivity index (χ0n) is 12.4. The van der Waals surface area contributed by atoms with Crippen LogP contribution in [-0.4, -0.2) is 15.0 Å². The predicted molar refractivity (Wildman–Crippen MR) is 81.5 cm³/mol. The zero-order valence-corrected chi connectivity index (χ0v) is 13.2. The Bertz CT molecular complexity index is 769. The van der Waals surface area contributed by atoms with Crippen molar-refractivity contribution >= 4 is 10.0 Å². The minimum atomic E-state index is -4.49. The van der Waals surface area contributed by atoms with Crippen molar-refractivity contribution in [2.75, 3.05) is 6.54 Å². The summed E-state index contributed by atoms with van der Waals surface area (Å²) in [6.45, 7) is 2.11. The van der Waals surface area contributed by atoms with E-state index in [0.717, 1.165) is 35.4 Å². The van der Waals surface area contributed by atoms with Gasteiger partial charge in [0.1, 0.15) is 0 Å². The van der Waals surface area contributed by atoms with Gasteiger partial charge in [-0.3, -0.25) is 0 Å². The van der Waals surface area contributed by atoms with Crippen molar-refractivity contribution in [3.8, 4) is 0 Å². The van der Waals surface area contributed by atoms with E-state index in [9.17, 15) is 21.6 Å². The standard InChI is InChI=1S/C16H16F3NO2S/c1-12-4-2-3-5-13(12)10-11-20-23(21,22)15-8-6-14(7-9-15)16(17,18)19/h2-9,20H,10-11H2,1H3. The molecule has 0 spiro atoms. The van der Waals surface area contributed by atoms with Gasteiger partial charge in [0.25, 0.3) is 0 Å². The van der Waals surface area contributed by atoms with Gasteiger partial charge in [0, 0.05) is 6.54 Å². The number of alkyl halides is 3. The molecular weight excluding hydrogens is 327 g/mol. The lowest BCUT2D eigenvalue weighted by atomic mass is 10.1. The van der Waals surface area contributed by atoms with E-state index in [1.807, 2.05) is 31.2 Å². The minimum Gasteiger partial charge on any atom is -0.211 e. The highest BCUT2D eigenvalue weighted by atomic mass is 32.2. The van der Waals surface area contributed by atoms with Gasteiger partial charge in [-0.05, 0) is 48.7 Å². The van der Waals surface area contributed by atoms with E-state index < -0.39 is 21.8 Å². The molecule has 0 heterocycles. The lowest BCUT2D eigenvalue weighted by Gasteiger charge is -2.10. The summed E-state index contributed by atoms with van der Waals surface area (Å²) < 4.78 is 64.0. The highest BCUT2D eigenvalue weighted by Crippen LogP contribution is 2.29. The summed E-state index contributed by atoms with van der Waals surface area (Å²) in [6, 6.07) is 11.0. The van der Waals surface area contributed by atoms with Crippen LogP contribution in [0.1, 0.15) is 16.7 Å². The normalized spacial score (nSPS) is 12.3. The van der Waals surface area contributed by atoms with Crippen molar-refractivity contribution in [1.29, 1.82) is 0 Å². The molecule has 124 valence electrons. The van der Waals surface area contributed by atoms with E-state index >= 15 is 0 Å². The van der Waals surface area contributed by atoms with Crippen molar-refractivity contribution in [3.63, 3.8) is 0 Å². The van der Waals surface area contributed by atoms with E-state index in [1.165, 1.54) is 0 Å². The van der Waals surface area contributed by atoms with Gasteiger partial charge >= 0.3 is 6.18 Å². The quantitative estimate of drug-likeness (QED) is 0.903. The monoisotopic (exact) mass is 343 g/mol. The van der Waals surface area contributed by atoms with Crippen LogP contribution in [0.5, 0.6) is 0 Å². The molecule has 0 saturated heterocycles. The van der Waals surface area contributed by atoms with Gasteiger partial charge in [0.2, 0.25) is 10.0 Å². The average molecular weight is 343 g/mol. The third-order valence-electron chi connectivity index (χ3n) is 3.44. The molecule has 0 fully saturated rings. The molecule has 23 heavy (non-hydrogen) atoms. The molecule has 0 atom stereocenters. The summed E-state index contributed by atoms with van der Waals surface area (Å²) in [6.07, 6.45) is -3.98. The SMILES string of the molecule is Cc1ccccc1CCNS(=O)(=O)c1ccc(C(F)(F)F)cc1. The molecule has 2 aromatic carbocycles. The van der Waals surface area contributed by atoms with Crippen LogP contribution < -0.4 is 4.72 Å². The highest BCUT2D eigenvalue weighted by Gasteiger charge is 2.30. The average Bonchev–Trinajstić information content (AvgIpc) is 2.48. The van der Waals surface area contributed by atoms with Gasteiger partial charge in [-0.1, -0.05) is 24.3 Å². The maximum absolute atomic E-state index is 12.5. The maximum atomic E-state index is 12.5. The van der Waals surface area contributed by atoms with Crippen LogP contribution in [0.25, 0.3) is 0 Å². The van der Waals surface area contributed by atoms with Crippen molar-refractivity contribution in [2.45, 2.75) is 24.4 Å². The fourth-order valence-electron chi connectivity index (χ4n) is 2.12. The van der Waals surface area contributed by atoms with Crippen LogP contribution in [0.15, 0.2) is 53.4 Å². The number of aryl methyl sites for hydroxylation is 1. The Hall–Kier alpha value is -1.86. The van der Waals surface area contributed by atoms with E-state index in [2.05, 4.69) is 4.72 Å². The van der Waals surface area contributed by atoms with Crippen LogP contribution in [0.2, 0.25) is 0 Å². The minimum absolute atomic E-state index is 0.175. The number of hydrogen-bond donors (Lipinski definition) is 1. The molecule has 7 heteroatoms. The second-order valence-corrected chi connectivity index (χ2v) is 6.86. The summed E-state index contributed by atoms with van der Waals surface area (Å²) in [5, 5.41) is 0. The van der Waals surface area contributed by atoms with Crippen molar-refractivity contribution in [3.05, 3.63) is 65.2 Å². The third-order valence-corrected chi connectivity index (χ3v) is 4.92. The largest absolute Gasteiger partial charge is 0.416 e. The molecule has 0 bridgehead atoms. The first kappa shape index (κ1) is 17.5. The number of sulfonamides is 1. The number of rotatable bonds is 5. The molecule has 0 aliphatic heterocycles. The second kappa shape index (κ2) is 6.72. The molecule has 0 aliphatic carbocycles. The second-order valence-electron chi connectivity index (χ2n) is 5.10. The molecule has 0 aliphatic rings. The molecule has 0 saturated carbocycles. The Kier molecular flexibility index (Phi) is 5.11. The lowest BCUT2D eigenvalue weighted by Crippen LogP contribution is -2.26. The molecule has 2 rings (SSSR count). The molecule has 3 nitrogen and oxygen atoms in total. The molecule has 0 unspecified atom stereocenters. The molecular formula is C16H16F3NO2S. The first-order valence-electron chi connectivity index (χ1n) is 6.91. The van der Waals surface area contributed by atoms with Crippen LogP contribution in [0.3, 0.4) is 0 Å². The number of hydrogen-bond acceptors (Lipinski definition) is 2. The third kappa shape index (κ3) is 4.56. The lowest BCUT2D eigenvalue weighted by molar-refractivity contribution is -0.137. The van der Waals surface area contributed by atoms with E-state index in [4.69, 9.17) is 0 Å². The smallest absolute Gasteiger partial charge is 0.211 e. The maximum Gasteiger partial charge on any atom is 0.416 e. The number of halogens is 3. The molecule has 0 radical (unpaired) electrons. The van der Waals surface area contributed by atoms with Gasteiger partial charge in [-0.25, -0.2) is 13.1 Å². The fourth-order valence-corrected chi connectivity index (χ4v) is 3.15. The molecule has 0 amide bonds. The molecule has 0 aromatic heterocycles. The van der Waals surface area contributed by atoms with Gasteiger partial charge in [-0.15, -0.1) is 0 Å². The van der Waals surface area contributed by atoms with E-state index in [1.54, 1.807) is 0 Å². The van der Waals surface area contributed by atoms with Crippen molar-refractivity contribution < 1.29 is 21.6 Å². The van der Waals surface area contributed by atoms with Crippen LogP contribution in [0, 0.1) is 6.92 Å². The fraction of sp³-hybridized carbons (Fsp3) is 0.250. The number of benzene rings is 2. The molecule has 2 aromatic rings. The van der Waals surface area contributed by atoms with Crippen molar-refractivity contribution in [2.24, 2.45) is 0 Å². The Labute approximate surface area is 133 Å². The van der Waals surface area contributed by atoms with E-state index in [0.29, 0.717) is 6.42 Å². The van der Waals surface area contributed by atoms with Crippen LogP contribution in [-0.2, 0) is 22.6 Å². The zero-order chi connectivity index (χ0) is 17.1.